The number of rotatable bonds is 5. The van der Waals surface area contributed by atoms with Gasteiger partial charge < -0.3 is 15.4 Å². The van der Waals surface area contributed by atoms with Crippen molar-refractivity contribution < 1.29 is 14.9 Å². The van der Waals surface area contributed by atoms with Crippen LogP contribution in [0.15, 0.2) is 30.3 Å². The molecule has 1 aromatic rings. The molecule has 0 spiro atoms. The molecule has 80 valence electrons. The molecule has 1 atom stereocenters. The van der Waals surface area contributed by atoms with Gasteiger partial charge in [0, 0.05) is 0 Å². The van der Waals surface area contributed by atoms with Gasteiger partial charge in [0.15, 0.2) is 0 Å². The Morgan fingerprint density at radius 2 is 2.07 bits per heavy atom. The average Bonchev–Trinajstić information content (AvgIpc) is 2.17. The molecule has 0 heterocycles. The number of benzene rings is 1. The molecular weight excluding hydrogens is 193 g/mol. The number of carboxylic acid groups (broad SMARTS) is 1. The van der Waals surface area contributed by atoms with Gasteiger partial charge in [0.05, 0.1) is 0 Å². The van der Waals surface area contributed by atoms with Crippen molar-refractivity contribution in [2.24, 2.45) is 0 Å². The summed E-state index contributed by atoms with van der Waals surface area (Å²) >= 11 is 0. The van der Waals surface area contributed by atoms with Crippen molar-refractivity contribution in [1.82, 2.24) is 5.23 Å². The summed E-state index contributed by atoms with van der Waals surface area (Å²) in [4.78, 5) is 10.9. The Morgan fingerprint density at radius 3 is 2.53 bits per heavy atom. The summed E-state index contributed by atoms with van der Waals surface area (Å²) in [6.07, 6.45) is 0.362. The van der Waals surface area contributed by atoms with Crippen LogP contribution in [0, 0.1) is 0 Å². The lowest BCUT2D eigenvalue weighted by Crippen LogP contribution is -2.46. The Morgan fingerprint density at radius 1 is 1.47 bits per heavy atom. The molecule has 0 saturated heterocycles. The number of hydrogen-bond acceptors (Lipinski definition) is 3. The molecule has 0 aromatic heterocycles. The topological polar surface area (TPSA) is 69.6 Å². The van der Waals surface area contributed by atoms with Crippen molar-refractivity contribution in [3.05, 3.63) is 35.9 Å². The van der Waals surface area contributed by atoms with E-state index in [0.29, 0.717) is 6.42 Å². The molecule has 5 heteroatoms. The van der Waals surface area contributed by atoms with Crippen LogP contribution < -0.4 is 5.23 Å². The Hall–Kier alpha value is -1.33. The molecule has 1 rings (SSSR count). The summed E-state index contributed by atoms with van der Waals surface area (Å²) in [5, 5.41) is 20.6. The molecule has 0 aliphatic heterocycles. The van der Waals surface area contributed by atoms with Crippen LogP contribution in [-0.2, 0) is 11.2 Å². The number of nitrogens with one attached hydrogen (secondary N) is 1. The van der Waals surface area contributed by atoms with Crippen molar-refractivity contribution in [2.75, 3.05) is 0 Å². The zero-order valence-corrected chi connectivity index (χ0v) is 8.55. The van der Waals surface area contributed by atoms with E-state index in [-0.39, 0.29) is 0 Å². The average molecular weight is 207 g/mol. The lowest BCUT2D eigenvalue weighted by molar-refractivity contribution is -0.139. The fourth-order valence-corrected chi connectivity index (χ4v) is 1.36. The van der Waals surface area contributed by atoms with Gasteiger partial charge in [0.25, 0.3) is 0 Å². The Balaban J connectivity index is 2.63. The Labute approximate surface area is 89.1 Å². The molecule has 0 saturated carbocycles. The maximum absolute atomic E-state index is 10.9. The van der Waals surface area contributed by atoms with Gasteiger partial charge in [0.1, 0.15) is 6.04 Å². The number of hydrogen-bond donors (Lipinski definition) is 3. The van der Waals surface area contributed by atoms with Gasteiger partial charge in [-0.2, -0.15) is 0 Å². The van der Waals surface area contributed by atoms with E-state index in [1.165, 1.54) is 6.82 Å². The van der Waals surface area contributed by atoms with E-state index in [9.17, 15) is 4.79 Å². The normalized spacial score (nSPS) is 12.1. The third-order valence-corrected chi connectivity index (χ3v) is 2.02. The highest BCUT2D eigenvalue weighted by atomic mass is 16.4. The van der Waals surface area contributed by atoms with Crippen LogP contribution in [0.3, 0.4) is 0 Å². The highest BCUT2D eigenvalue weighted by molar-refractivity contribution is 6.46. The molecule has 1 aromatic carbocycles. The molecule has 0 fully saturated rings. The molecule has 0 amide bonds. The SMILES string of the molecule is CB(O)N[C@H](Cc1ccccc1)C(=O)O. The maximum Gasteiger partial charge on any atom is 0.374 e. The highest BCUT2D eigenvalue weighted by Gasteiger charge is 2.20. The third kappa shape index (κ3) is 4.14. The molecular formula is C10H14BNO3. The van der Waals surface area contributed by atoms with Crippen LogP contribution in [0.25, 0.3) is 0 Å². The number of carbonyl (C=O) groups is 1. The van der Waals surface area contributed by atoms with E-state index in [1.807, 2.05) is 30.3 Å². The molecule has 3 N–H and O–H groups in total. The predicted octanol–water partition coefficient (Wildman–Crippen LogP) is 0.382. The first-order chi connectivity index (χ1) is 7.09. The minimum absolute atomic E-state index is 0.362. The summed E-state index contributed by atoms with van der Waals surface area (Å²) in [6, 6.07) is 8.56. The number of aliphatic carboxylic acids is 1. The fourth-order valence-electron chi connectivity index (χ4n) is 1.36. The quantitative estimate of drug-likeness (QED) is 0.610. The van der Waals surface area contributed by atoms with E-state index in [4.69, 9.17) is 10.1 Å². The number of carboxylic acids is 1. The van der Waals surface area contributed by atoms with Gasteiger partial charge in [-0.25, -0.2) is 0 Å². The first-order valence-corrected chi connectivity index (χ1v) is 4.80. The molecule has 0 unspecified atom stereocenters. The van der Waals surface area contributed by atoms with Crippen LogP contribution in [0.5, 0.6) is 0 Å². The van der Waals surface area contributed by atoms with Crippen LogP contribution in [0.1, 0.15) is 5.56 Å². The van der Waals surface area contributed by atoms with Crippen LogP contribution in [0.2, 0.25) is 6.82 Å². The van der Waals surface area contributed by atoms with Crippen molar-refractivity contribution in [3.63, 3.8) is 0 Å². The highest BCUT2D eigenvalue weighted by Crippen LogP contribution is 2.03. The minimum Gasteiger partial charge on any atom is -0.480 e. The van der Waals surface area contributed by atoms with Gasteiger partial charge in [-0.3, -0.25) is 4.79 Å². The summed E-state index contributed by atoms with van der Waals surface area (Å²) in [6.45, 7) is 1.50. The van der Waals surface area contributed by atoms with Crippen molar-refractivity contribution in [1.29, 1.82) is 0 Å². The fraction of sp³-hybridized carbons (Fsp3) is 0.300. The lowest BCUT2D eigenvalue weighted by atomic mass is 9.86. The van der Waals surface area contributed by atoms with Gasteiger partial charge in [0.2, 0.25) is 0 Å². The largest absolute Gasteiger partial charge is 0.480 e. The Kier molecular flexibility index (Phi) is 4.33. The van der Waals surface area contributed by atoms with Gasteiger partial charge in [-0.05, 0) is 18.8 Å². The van der Waals surface area contributed by atoms with Crippen molar-refractivity contribution >= 4 is 13.0 Å². The first kappa shape index (κ1) is 11.7. The van der Waals surface area contributed by atoms with E-state index >= 15 is 0 Å². The zero-order chi connectivity index (χ0) is 11.3. The van der Waals surface area contributed by atoms with Crippen LogP contribution in [-0.4, -0.2) is 29.2 Å². The molecule has 4 nitrogen and oxygen atoms in total. The van der Waals surface area contributed by atoms with E-state index in [0.717, 1.165) is 5.56 Å². The summed E-state index contributed by atoms with van der Waals surface area (Å²) < 4.78 is 0. The van der Waals surface area contributed by atoms with Crippen LogP contribution in [0.4, 0.5) is 0 Å². The second-order valence-corrected chi connectivity index (χ2v) is 3.42. The second-order valence-electron chi connectivity index (χ2n) is 3.42. The summed E-state index contributed by atoms with van der Waals surface area (Å²) in [5.41, 5.74) is 0.929. The van der Waals surface area contributed by atoms with E-state index < -0.39 is 19.1 Å². The van der Waals surface area contributed by atoms with E-state index in [2.05, 4.69) is 5.23 Å². The monoisotopic (exact) mass is 207 g/mol. The van der Waals surface area contributed by atoms with Gasteiger partial charge >= 0.3 is 13.0 Å². The molecule has 15 heavy (non-hydrogen) atoms. The Bertz CT molecular complexity index is 316. The lowest BCUT2D eigenvalue weighted by Gasteiger charge is -2.14. The summed E-state index contributed by atoms with van der Waals surface area (Å²) in [5.74, 6) is -0.959. The molecule has 0 bridgehead atoms. The minimum atomic E-state index is -0.959. The molecule has 0 radical (unpaired) electrons. The van der Waals surface area contributed by atoms with Crippen molar-refractivity contribution in [2.45, 2.75) is 19.3 Å². The standard InChI is InChI=1S/C10H14BNO3/c1-11(15)12-9(10(13)14)7-8-5-3-2-4-6-8/h2-6,9,12,15H,7H2,1H3,(H,13,14)/t9-/m1/s1. The molecule has 0 aliphatic carbocycles. The predicted molar refractivity (Wildman–Crippen MR) is 58.5 cm³/mol. The summed E-state index contributed by atoms with van der Waals surface area (Å²) in [7, 11) is -0.824. The second kappa shape index (κ2) is 5.53. The first-order valence-electron chi connectivity index (χ1n) is 4.80. The van der Waals surface area contributed by atoms with Gasteiger partial charge in [-0.1, -0.05) is 30.3 Å². The van der Waals surface area contributed by atoms with Gasteiger partial charge in [-0.15, -0.1) is 0 Å². The van der Waals surface area contributed by atoms with E-state index in [1.54, 1.807) is 0 Å². The third-order valence-electron chi connectivity index (χ3n) is 2.02. The zero-order valence-electron chi connectivity index (χ0n) is 8.55. The van der Waals surface area contributed by atoms with Crippen molar-refractivity contribution in [3.8, 4) is 0 Å². The molecule has 0 aliphatic rings. The smallest absolute Gasteiger partial charge is 0.374 e. The maximum atomic E-state index is 10.9. The van der Waals surface area contributed by atoms with Crippen LogP contribution >= 0.6 is 0 Å².